The van der Waals surface area contributed by atoms with Gasteiger partial charge in [-0.05, 0) is 26.2 Å². The molecule has 0 saturated heterocycles. The maximum Gasteiger partial charge on any atom is 0.442 e. The van der Waals surface area contributed by atoms with Crippen LogP contribution in [0.5, 0.6) is 5.75 Å². The van der Waals surface area contributed by atoms with E-state index < -0.39 is 32.2 Å². The second-order valence-corrected chi connectivity index (χ2v) is 15.1. The van der Waals surface area contributed by atoms with Gasteiger partial charge < -0.3 is 29.9 Å². The minimum absolute atomic E-state index is 0.0642. The lowest BCUT2D eigenvalue weighted by Crippen LogP contribution is -2.37. The number of nitrogen functional groups attached to an aromatic ring is 1. The molecule has 1 aromatic carbocycles. The molecule has 0 atom stereocenters. The number of aliphatic carboxylic acids is 1. The fraction of sp³-hybridized carbons (Fsp3) is 0.538. The fourth-order valence-electron chi connectivity index (χ4n) is 3.06. The molecule has 0 amide bonds. The minimum Gasteiger partial charge on any atom is -0.489 e. The summed E-state index contributed by atoms with van der Waals surface area (Å²) in [5, 5.41) is 23.1. The summed E-state index contributed by atoms with van der Waals surface area (Å²) in [4.78, 5) is 49.9. The lowest BCUT2D eigenvalue weighted by atomic mass is 9.93. The second kappa shape index (κ2) is 16.8. The van der Waals surface area contributed by atoms with E-state index in [4.69, 9.17) is 53.1 Å². The molecule has 0 bridgehead atoms. The molecule has 20 heteroatoms. The molecule has 0 aliphatic rings. The molecule has 46 heavy (non-hydrogen) atoms. The molecule has 258 valence electrons. The van der Waals surface area contributed by atoms with Gasteiger partial charge in [0.25, 0.3) is 5.56 Å². The van der Waals surface area contributed by atoms with Crippen LogP contribution in [0.3, 0.4) is 0 Å². The third-order valence-electron chi connectivity index (χ3n) is 5.13. The summed E-state index contributed by atoms with van der Waals surface area (Å²) in [5.74, 6) is 4.58. The number of carbonyl (C=O) groups is 1. The lowest BCUT2D eigenvalue weighted by molar-refractivity contribution is -0.135. The zero-order valence-electron chi connectivity index (χ0n) is 26.9. The van der Waals surface area contributed by atoms with Crippen molar-refractivity contribution in [3.8, 4) is 11.4 Å². The second-order valence-electron chi connectivity index (χ2n) is 11.8. The molecule has 0 saturated carbocycles. The predicted molar refractivity (Wildman–Crippen MR) is 176 cm³/mol. The van der Waals surface area contributed by atoms with E-state index in [1.54, 1.807) is 12.3 Å². The van der Waals surface area contributed by atoms with E-state index in [0.717, 1.165) is 9.36 Å². The quantitative estimate of drug-likeness (QED) is 0.127. The van der Waals surface area contributed by atoms with E-state index in [1.165, 1.54) is 17.8 Å². The van der Waals surface area contributed by atoms with Crippen molar-refractivity contribution in [1.29, 1.82) is 0 Å². The first-order chi connectivity index (χ1) is 20.9. The van der Waals surface area contributed by atoms with E-state index >= 15 is 0 Å². The number of carboxylic acids is 1. The number of nitrogens with zero attached hydrogens (tertiary/aromatic N) is 5. The minimum atomic E-state index is -4.10. The summed E-state index contributed by atoms with van der Waals surface area (Å²) in [5.41, 5.74) is -0.247. The van der Waals surface area contributed by atoms with Gasteiger partial charge in [-0.15, -0.1) is 15.3 Å². The van der Waals surface area contributed by atoms with Crippen LogP contribution in [0.25, 0.3) is 5.69 Å². The van der Waals surface area contributed by atoms with Crippen LogP contribution in [0.4, 0.5) is 0 Å². The van der Waals surface area contributed by atoms with E-state index in [-0.39, 0.29) is 27.5 Å². The van der Waals surface area contributed by atoms with Crippen molar-refractivity contribution >= 4 is 48.5 Å². The Kier molecular flexibility index (Phi) is 15.0. The van der Waals surface area contributed by atoms with Crippen molar-refractivity contribution in [3.63, 3.8) is 0 Å². The Labute approximate surface area is 279 Å². The normalized spacial score (nSPS) is 11.8. The van der Waals surface area contributed by atoms with Gasteiger partial charge in [-0.1, -0.05) is 76.5 Å². The number of rotatable bonds is 8. The van der Waals surface area contributed by atoms with Gasteiger partial charge in [0.05, 0.1) is 34.7 Å². The Bertz CT molecular complexity index is 1660. The van der Waals surface area contributed by atoms with Crippen LogP contribution in [0, 0.1) is 0 Å². The average molecular weight is 729 g/mol. The Balaban J connectivity index is 0.000000379. The molecule has 0 radical (unpaired) electrons. The van der Waals surface area contributed by atoms with Crippen LogP contribution >= 0.6 is 42.6 Å². The maximum atomic E-state index is 12.1. The van der Waals surface area contributed by atoms with Gasteiger partial charge in [0.15, 0.2) is 0 Å². The number of nitrogens with two attached hydrogens (primary N) is 1. The Morgan fingerprint density at radius 3 is 2.13 bits per heavy atom. The van der Waals surface area contributed by atoms with Crippen molar-refractivity contribution in [3.05, 3.63) is 54.7 Å². The predicted octanol–water partition coefficient (Wildman–Crippen LogP) is 3.38. The molecule has 0 fully saturated rings. The van der Waals surface area contributed by atoms with Gasteiger partial charge in [0.2, 0.25) is 11.0 Å². The zero-order valence-corrected chi connectivity index (χ0v) is 30.1. The van der Waals surface area contributed by atoms with Crippen LogP contribution in [-0.2, 0) is 20.2 Å². The zero-order chi connectivity index (χ0) is 35.8. The summed E-state index contributed by atoms with van der Waals surface area (Å²) in [7, 11) is -4.10. The highest BCUT2D eigenvalue weighted by molar-refractivity contribution is 7.98. The molecule has 2 heterocycles. The van der Waals surface area contributed by atoms with Crippen LogP contribution in [0.15, 0.2) is 31.3 Å². The number of ether oxygens (including phenoxy) is 1. The molecular weight excluding hydrogens is 688 g/mol. The molecule has 3 aromatic rings. The Morgan fingerprint density at radius 2 is 1.70 bits per heavy atom. The number of aromatic nitrogens is 5. The lowest BCUT2D eigenvalue weighted by Gasteiger charge is -2.16. The van der Waals surface area contributed by atoms with Gasteiger partial charge in [0, 0.05) is 16.9 Å². The number of halogens is 2. The molecule has 3 rings (SSSR count). The molecule has 6 N–H and O–H groups in total. The van der Waals surface area contributed by atoms with Gasteiger partial charge in [0.1, 0.15) is 11.4 Å². The monoisotopic (exact) mass is 727 g/mol. The van der Waals surface area contributed by atoms with Gasteiger partial charge >= 0.3 is 19.3 Å². The van der Waals surface area contributed by atoms with E-state index in [1.807, 2.05) is 55.4 Å². The van der Waals surface area contributed by atoms with Gasteiger partial charge in [-0.2, -0.15) is 9.36 Å². The molecule has 0 spiro atoms. The van der Waals surface area contributed by atoms with Crippen LogP contribution in [0.1, 0.15) is 67.0 Å². The van der Waals surface area contributed by atoms with Gasteiger partial charge in [-0.3, -0.25) is 19.5 Å². The van der Waals surface area contributed by atoms with Crippen LogP contribution < -0.4 is 27.2 Å². The van der Waals surface area contributed by atoms with E-state index in [9.17, 15) is 18.9 Å². The third kappa shape index (κ3) is 13.1. The number of benzene rings is 1. The summed E-state index contributed by atoms with van der Waals surface area (Å²) in [6.07, 6.45) is 1.13. The molecule has 2 aromatic heterocycles. The average Bonchev–Trinajstić information content (AvgIpc) is 3.28. The standard InChI is InChI=1S/C15H18Cl2N2O3.C8H14N4OS.C3H8NO5P/c1-8(2)21-12-7-11(9(16)6-10(12)17)19-14(20)22-13(18-19)15(3,4)5;1-8(2,3)5-6(13)12(9)7(14-4)11-10-5;5-3(6)1-4-2-10(7,8)9/h6-8H,1-5H3;9H2,1-4H3;4H,1-2H2,(H,5,6)(H2,7,8,9). The van der Waals surface area contributed by atoms with E-state index in [2.05, 4.69) is 20.6 Å². The van der Waals surface area contributed by atoms with Crippen molar-refractivity contribution in [2.75, 3.05) is 24.9 Å². The Hall–Kier alpha value is -2.92. The smallest absolute Gasteiger partial charge is 0.442 e. The first kappa shape index (κ1) is 41.1. The molecule has 0 aliphatic carbocycles. The SMILES string of the molecule is CC(C)Oc1cc(-n2nc(C(C)(C)C)oc2=O)c(Cl)cc1Cl.CSc1nnc(C(C)(C)C)c(=O)n1N.O=C(O)CNCP(=O)(O)O. The highest BCUT2D eigenvalue weighted by atomic mass is 35.5. The number of hydrogen-bond donors (Lipinski definition) is 5. The number of thioether (sulfide) groups is 1. The van der Waals surface area contributed by atoms with Crippen molar-refractivity contribution < 1.29 is 33.4 Å². The van der Waals surface area contributed by atoms with E-state index in [0.29, 0.717) is 33.2 Å². The summed E-state index contributed by atoms with van der Waals surface area (Å²) < 4.78 is 23.0. The fourth-order valence-corrected chi connectivity index (χ4v) is 4.37. The van der Waals surface area contributed by atoms with Crippen LogP contribution in [-0.4, -0.2) is 70.7 Å². The van der Waals surface area contributed by atoms with Crippen molar-refractivity contribution in [1.82, 2.24) is 30.0 Å². The van der Waals surface area contributed by atoms with Crippen molar-refractivity contribution in [2.45, 2.75) is 77.5 Å². The third-order valence-corrected chi connectivity index (χ3v) is 7.01. The largest absolute Gasteiger partial charge is 0.489 e. The first-order valence-corrected chi connectivity index (χ1v) is 17.2. The highest BCUT2D eigenvalue weighted by Gasteiger charge is 2.25. The summed E-state index contributed by atoms with van der Waals surface area (Å²) in [6, 6.07) is 3.11. The number of carboxylic acid groups (broad SMARTS) is 1. The molecule has 16 nitrogen and oxygen atoms in total. The Morgan fingerprint density at radius 1 is 1.11 bits per heavy atom. The molecular formula is C26H40Cl2N7O9PS. The van der Waals surface area contributed by atoms with Crippen molar-refractivity contribution in [2.24, 2.45) is 0 Å². The molecule has 0 aliphatic heterocycles. The first-order valence-electron chi connectivity index (χ1n) is 13.4. The number of nitrogens with one attached hydrogen (secondary N) is 1. The van der Waals surface area contributed by atoms with Gasteiger partial charge in [-0.25, -0.2) is 4.79 Å². The summed E-state index contributed by atoms with van der Waals surface area (Å²) >= 11 is 13.6. The maximum absolute atomic E-state index is 12.1. The molecule has 0 unspecified atom stereocenters. The highest BCUT2D eigenvalue weighted by Crippen LogP contribution is 2.34. The number of hydrogen-bond acceptors (Lipinski definition) is 12. The van der Waals surface area contributed by atoms with Crippen LogP contribution in [0.2, 0.25) is 10.0 Å². The topological polar surface area (TPSA) is 238 Å². The summed E-state index contributed by atoms with van der Waals surface area (Å²) in [6.45, 7) is 14.7.